The van der Waals surface area contributed by atoms with Crippen LogP contribution in [-0.4, -0.2) is 33.7 Å². The predicted octanol–water partition coefficient (Wildman–Crippen LogP) is 3.59. The molecule has 2 aromatic heterocycles. The molecule has 0 amide bonds. The van der Waals surface area contributed by atoms with Crippen molar-refractivity contribution in [3.8, 4) is 11.6 Å². The summed E-state index contributed by atoms with van der Waals surface area (Å²) in [5.41, 5.74) is 5.19. The molecule has 2 heterocycles. The molecule has 0 unspecified atom stereocenters. The first-order valence-corrected chi connectivity index (χ1v) is 9.46. The number of carbonyl (C=O) groups is 1. The Balaban J connectivity index is 1.52. The Bertz CT molecular complexity index is 956. The van der Waals surface area contributed by atoms with E-state index in [2.05, 4.69) is 25.5 Å². The number of aryl methyl sites for hydroxylation is 1. The number of ether oxygens (including phenoxy) is 2. The van der Waals surface area contributed by atoms with Gasteiger partial charge in [0.1, 0.15) is 5.75 Å². The Morgan fingerprint density at radius 2 is 2.07 bits per heavy atom. The second kappa shape index (κ2) is 9.56. The third kappa shape index (κ3) is 5.85. The fourth-order valence-electron chi connectivity index (χ4n) is 2.19. The first kappa shape index (κ1) is 19.4. The van der Waals surface area contributed by atoms with Crippen molar-refractivity contribution in [1.82, 2.24) is 15.0 Å². The van der Waals surface area contributed by atoms with Gasteiger partial charge in [0.2, 0.25) is 11.0 Å². The normalized spacial score (nSPS) is 10.8. The fourth-order valence-corrected chi connectivity index (χ4v) is 2.85. The van der Waals surface area contributed by atoms with Gasteiger partial charge in [-0.1, -0.05) is 0 Å². The van der Waals surface area contributed by atoms with Gasteiger partial charge in [0, 0.05) is 11.6 Å². The summed E-state index contributed by atoms with van der Waals surface area (Å²) in [6.07, 6.45) is 5.06. The van der Waals surface area contributed by atoms with E-state index in [4.69, 9.17) is 9.47 Å². The van der Waals surface area contributed by atoms with Crippen LogP contribution in [0.1, 0.15) is 23.9 Å². The van der Waals surface area contributed by atoms with Crippen LogP contribution < -0.4 is 10.2 Å². The maximum atomic E-state index is 11.5. The third-order valence-corrected chi connectivity index (χ3v) is 4.19. The van der Waals surface area contributed by atoms with Crippen molar-refractivity contribution in [2.45, 2.75) is 20.3 Å². The highest BCUT2D eigenvalue weighted by Crippen LogP contribution is 2.19. The zero-order chi connectivity index (χ0) is 19.8. The highest BCUT2D eigenvalue weighted by atomic mass is 32.1. The van der Waals surface area contributed by atoms with Crippen molar-refractivity contribution < 1.29 is 14.3 Å². The summed E-state index contributed by atoms with van der Waals surface area (Å²) < 4.78 is 10.6. The lowest BCUT2D eigenvalue weighted by Gasteiger charge is -2.04. The first-order valence-electron chi connectivity index (χ1n) is 8.58. The maximum absolute atomic E-state index is 11.5. The van der Waals surface area contributed by atoms with Crippen LogP contribution in [0.15, 0.2) is 47.1 Å². The number of nitrogens with one attached hydrogen (secondary N) is 1. The van der Waals surface area contributed by atoms with Crippen LogP contribution in [0.5, 0.6) is 11.6 Å². The molecule has 0 aliphatic heterocycles. The summed E-state index contributed by atoms with van der Waals surface area (Å²) in [4.78, 5) is 24.0. The average Bonchev–Trinajstić information content (AvgIpc) is 3.10. The molecule has 3 rings (SSSR count). The van der Waals surface area contributed by atoms with Gasteiger partial charge < -0.3 is 9.47 Å². The Kier molecular flexibility index (Phi) is 6.64. The molecule has 8 nitrogen and oxygen atoms in total. The Morgan fingerprint density at radius 3 is 2.82 bits per heavy atom. The van der Waals surface area contributed by atoms with Crippen molar-refractivity contribution in [3.05, 3.63) is 59.0 Å². The van der Waals surface area contributed by atoms with Gasteiger partial charge in [-0.15, -0.1) is 11.3 Å². The van der Waals surface area contributed by atoms with E-state index in [-0.39, 0.29) is 12.4 Å². The molecule has 0 aliphatic rings. The first-order chi connectivity index (χ1) is 13.6. The molecule has 0 atom stereocenters. The monoisotopic (exact) mass is 397 g/mol. The number of aromatic nitrogens is 3. The summed E-state index contributed by atoms with van der Waals surface area (Å²) in [5, 5.41) is 6.57. The topological polar surface area (TPSA) is 98.6 Å². The lowest BCUT2D eigenvalue weighted by atomic mass is 10.2. The summed E-state index contributed by atoms with van der Waals surface area (Å²) in [5.74, 6) is 0.820. The minimum Gasteiger partial charge on any atom is -0.466 e. The van der Waals surface area contributed by atoms with Crippen LogP contribution in [0.4, 0.5) is 5.13 Å². The van der Waals surface area contributed by atoms with Gasteiger partial charge in [-0.2, -0.15) is 5.10 Å². The van der Waals surface area contributed by atoms with Gasteiger partial charge in [0.05, 0.1) is 36.8 Å². The van der Waals surface area contributed by atoms with Crippen LogP contribution in [0.2, 0.25) is 0 Å². The Morgan fingerprint density at radius 1 is 1.25 bits per heavy atom. The van der Waals surface area contributed by atoms with Gasteiger partial charge in [-0.05, 0) is 43.7 Å². The molecular formula is C19H19N5O3S. The van der Waals surface area contributed by atoms with Crippen LogP contribution in [0, 0.1) is 6.92 Å². The largest absolute Gasteiger partial charge is 0.466 e. The quantitative estimate of drug-likeness (QED) is 0.352. The van der Waals surface area contributed by atoms with E-state index in [0.29, 0.717) is 29.1 Å². The molecule has 0 aliphatic carbocycles. The fraction of sp³-hybridized carbons (Fsp3) is 0.211. The van der Waals surface area contributed by atoms with E-state index in [0.717, 1.165) is 11.3 Å². The highest BCUT2D eigenvalue weighted by molar-refractivity contribution is 7.13. The molecule has 0 radical (unpaired) electrons. The second-order valence-electron chi connectivity index (χ2n) is 5.67. The van der Waals surface area contributed by atoms with Crippen molar-refractivity contribution in [3.63, 3.8) is 0 Å². The minimum absolute atomic E-state index is 0.155. The lowest BCUT2D eigenvalue weighted by molar-refractivity contribution is -0.142. The number of rotatable bonds is 8. The van der Waals surface area contributed by atoms with E-state index >= 15 is 0 Å². The average molecular weight is 397 g/mol. The zero-order valence-electron chi connectivity index (χ0n) is 15.5. The molecule has 9 heteroatoms. The van der Waals surface area contributed by atoms with Crippen LogP contribution in [-0.2, 0) is 16.0 Å². The molecule has 144 valence electrons. The number of hydrogen-bond acceptors (Lipinski definition) is 9. The number of benzene rings is 1. The highest BCUT2D eigenvalue weighted by Gasteiger charge is 2.07. The number of hydrazone groups is 1. The van der Waals surface area contributed by atoms with Crippen LogP contribution in [0.3, 0.4) is 0 Å². The standard InChI is InChI=1S/C19H19N5O3S/c1-3-26-18(25)8-15-12-28-19(23-15)24-21-10-14-4-6-16(7-5-14)27-17-11-20-9-13(2)22-17/h4-7,9-12H,3,8H2,1-2H3,(H,23,24). The SMILES string of the molecule is CCOC(=O)Cc1csc(NN=Cc2ccc(Oc3cncc(C)n3)cc2)n1. The molecule has 0 fully saturated rings. The zero-order valence-corrected chi connectivity index (χ0v) is 16.3. The Hall–Kier alpha value is -3.33. The molecule has 1 aromatic carbocycles. The summed E-state index contributed by atoms with van der Waals surface area (Å²) in [7, 11) is 0. The molecule has 0 saturated heterocycles. The number of nitrogens with zero attached hydrogens (tertiary/aromatic N) is 4. The van der Waals surface area contributed by atoms with E-state index in [9.17, 15) is 4.79 Å². The summed E-state index contributed by atoms with van der Waals surface area (Å²) in [6.45, 7) is 3.99. The van der Waals surface area contributed by atoms with Gasteiger partial charge in [-0.3, -0.25) is 15.2 Å². The van der Waals surface area contributed by atoms with Crippen LogP contribution >= 0.6 is 11.3 Å². The molecule has 0 spiro atoms. The number of hydrogen-bond donors (Lipinski definition) is 1. The van der Waals surface area contributed by atoms with Crippen LogP contribution in [0.25, 0.3) is 0 Å². The molecule has 3 aromatic rings. The second-order valence-corrected chi connectivity index (χ2v) is 6.52. The lowest BCUT2D eigenvalue weighted by Crippen LogP contribution is -2.07. The summed E-state index contributed by atoms with van der Waals surface area (Å²) in [6, 6.07) is 7.40. The van der Waals surface area contributed by atoms with Crippen molar-refractivity contribution in [2.75, 3.05) is 12.0 Å². The molecule has 0 bridgehead atoms. The van der Waals surface area contributed by atoms with Gasteiger partial charge >= 0.3 is 5.97 Å². The number of esters is 1. The van der Waals surface area contributed by atoms with E-state index < -0.39 is 0 Å². The number of thiazole rings is 1. The maximum Gasteiger partial charge on any atom is 0.311 e. The van der Waals surface area contributed by atoms with Gasteiger partial charge in [0.15, 0.2) is 0 Å². The molecule has 28 heavy (non-hydrogen) atoms. The van der Waals surface area contributed by atoms with Gasteiger partial charge in [-0.25, -0.2) is 9.97 Å². The third-order valence-electron chi connectivity index (χ3n) is 3.39. The van der Waals surface area contributed by atoms with E-state index in [1.54, 1.807) is 30.9 Å². The predicted molar refractivity (Wildman–Crippen MR) is 107 cm³/mol. The van der Waals surface area contributed by atoms with Crippen molar-refractivity contribution in [1.29, 1.82) is 0 Å². The van der Waals surface area contributed by atoms with Crippen molar-refractivity contribution >= 4 is 28.7 Å². The van der Waals surface area contributed by atoms with E-state index in [1.165, 1.54) is 11.3 Å². The Labute approximate surface area is 166 Å². The van der Waals surface area contributed by atoms with Gasteiger partial charge in [0.25, 0.3) is 0 Å². The smallest absolute Gasteiger partial charge is 0.311 e. The number of anilines is 1. The summed E-state index contributed by atoms with van der Waals surface area (Å²) >= 11 is 1.37. The molecule has 1 N–H and O–H groups in total. The molecular weight excluding hydrogens is 378 g/mol. The molecule has 0 saturated carbocycles. The van der Waals surface area contributed by atoms with Crippen molar-refractivity contribution in [2.24, 2.45) is 5.10 Å². The number of carbonyl (C=O) groups excluding carboxylic acids is 1. The van der Waals surface area contributed by atoms with E-state index in [1.807, 2.05) is 31.2 Å². The minimum atomic E-state index is -0.290.